The highest BCUT2D eigenvalue weighted by Crippen LogP contribution is 2.30. The normalized spacial score (nSPS) is 11.7. The van der Waals surface area contributed by atoms with Crippen LogP contribution in [0.2, 0.25) is 0 Å². The molecule has 1 aromatic heterocycles. The number of halogens is 5. The molecular weight excluding hydrogens is 380 g/mol. The molecule has 0 saturated heterocycles. The molecule has 0 unspecified atom stereocenters. The molecule has 0 radical (unpaired) electrons. The molecule has 1 aromatic carbocycles. The zero-order valence-corrected chi connectivity index (χ0v) is 14.8. The Balaban J connectivity index is 0.00000288. The first-order chi connectivity index (χ1) is 10.8. The lowest BCUT2D eigenvalue weighted by Crippen LogP contribution is -2.33. The second kappa shape index (κ2) is 9.60. The van der Waals surface area contributed by atoms with Gasteiger partial charge in [0.2, 0.25) is 0 Å². The molecule has 0 fully saturated rings. The minimum absolute atomic E-state index is 0. The van der Waals surface area contributed by atoms with E-state index >= 15 is 0 Å². The summed E-state index contributed by atoms with van der Waals surface area (Å²) < 4.78 is 42.6. The Morgan fingerprint density at radius 2 is 1.76 bits per heavy atom. The molecule has 0 aliphatic heterocycles. The van der Waals surface area contributed by atoms with Gasteiger partial charge in [-0.2, -0.15) is 13.2 Å². The van der Waals surface area contributed by atoms with Gasteiger partial charge in [0.25, 0.3) is 0 Å². The van der Waals surface area contributed by atoms with Crippen molar-refractivity contribution in [2.45, 2.75) is 18.6 Å². The van der Waals surface area contributed by atoms with E-state index in [1.54, 1.807) is 24.3 Å². The number of nitrogens with zero attached hydrogens (tertiary/aromatic N) is 1. The molecule has 25 heavy (non-hydrogen) atoms. The van der Waals surface area contributed by atoms with Crippen LogP contribution < -0.4 is 5.73 Å². The Hall–Kier alpha value is -1.83. The van der Waals surface area contributed by atoms with Crippen LogP contribution in [0.15, 0.2) is 42.6 Å². The van der Waals surface area contributed by atoms with Crippen molar-refractivity contribution in [3.05, 3.63) is 53.9 Å². The van der Waals surface area contributed by atoms with Gasteiger partial charge in [0.1, 0.15) is 11.7 Å². The standard InChI is InChI=1S/C16H15F3N2O2.2ClH/c1-23-15(22)13(20)8-10-2-4-11(5-3-10)12-6-7-21-14(9-12)16(17,18)19;;/h2-7,9,13H,8,20H2,1H3;2*1H/t13-;;/m0../s1. The van der Waals surface area contributed by atoms with Crippen LogP contribution in [0.25, 0.3) is 11.1 Å². The summed E-state index contributed by atoms with van der Waals surface area (Å²) in [6.07, 6.45) is -3.07. The van der Waals surface area contributed by atoms with Crippen LogP contribution >= 0.6 is 24.8 Å². The van der Waals surface area contributed by atoms with Crippen LogP contribution in [0.3, 0.4) is 0 Å². The van der Waals surface area contributed by atoms with Crippen molar-refractivity contribution in [1.29, 1.82) is 0 Å². The number of alkyl halides is 3. The first-order valence-electron chi connectivity index (χ1n) is 6.77. The molecule has 0 bridgehead atoms. The minimum Gasteiger partial charge on any atom is -0.468 e. The van der Waals surface area contributed by atoms with E-state index in [1.807, 2.05) is 0 Å². The number of rotatable bonds is 4. The van der Waals surface area contributed by atoms with Crippen LogP contribution in [0.5, 0.6) is 0 Å². The summed E-state index contributed by atoms with van der Waals surface area (Å²) in [6, 6.07) is 8.50. The second-order valence-corrected chi connectivity index (χ2v) is 4.96. The maximum absolute atomic E-state index is 12.7. The fourth-order valence-electron chi connectivity index (χ4n) is 2.09. The van der Waals surface area contributed by atoms with Gasteiger partial charge in [-0.15, -0.1) is 24.8 Å². The van der Waals surface area contributed by atoms with Crippen LogP contribution in [0, 0.1) is 0 Å². The number of carbonyl (C=O) groups is 1. The highest BCUT2D eigenvalue weighted by Gasteiger charge is 2.32. The van der Waals surface area contributed by atoms with Gasteiger partial charge in [0.15, 0.2) is 0 Å². The number of hydrogen-bond donors (Lipinski definition) is 1. The van der Waals surface area contributed by atoms with Gasteiger partial charge in [-0.25, -0.2) is 0 Å². The summed E-state index contributed by atoms with van der Waals surface area (Å²) in [7, 11) is 1.26. The number of carbonyl (C=O) groups excluding carboxylic acids is 1. The van der Waals surface area contributed by atoms with Crippen molar-refractivity contribution in [3.63, 3.8) is 0 Å². The predicted octanol–water partition coefficient (Wildman–Crippen LogP) is 3.65. The van der Waals surface area contributed by atoms with Gasteiger partial charge in [-0.05, 0) is 35.2 Å². The Morgan fingerprint density at radius 3 is 2.28 bits per heavy atom. The molecule has 0 amide bonds. The monoisotopic (exact) mass is 396 g/mol. The number of methoxy groups -OCH3 is 1. The third-order valence-electron chi connectivity index (χ3n) is 3.30. The number of benzene rings is 1. The molecule has 2 N–H and O–H groups in total. The summed E-state index contributed by atoms with van der Waals surface area (Å²) in [6.45, 7) is 0. The van der Waals surface area contributed by atoms with Crippen molar-refractivity contribution < 1.29 is 22.7 Å². The molecular formula is C16H17Cl2F3N2O2. The average Bonchev–Trinajstić information content (AvgIpc) is 2.54. The number of hydrogen-bond acceptors (Lipinski definition) is 4. The van der Waals surface area contributed by atoms with Crippen LogP contribution in [-0.4, -0.2) is 24.1 Å². The van der Waals surface area contributed by atoms with Crippen LogP contribution in [-0.2, 0) is 22.1 Å². The SMILES string of the molecule is COC(=O)[C@@H](N)Cc1ccc(-c2ccnc(C(F)(F)F)c2)cc1.Cl.Cl. The van der Waals surface area contributed by atoms with Crippen molar-refractivity contribution >= 4 is 30.8 Å². The fourth-order valence-corrected chi connectivity index (χ4v) is 2.09. The van der Waals surface area contributed by atoms with Crippen molar-refractivity contribution in [1.82, 2.24) is 4.98 Å². The highest BCUT2D eigenvalue weighted by atomic mass is 35.5. The summed E-state index contributed by atoms with van der Waals surface area (Å²) in [5.74, 6) is -0.516. The van der Waals surface area contributed by atoms with Gasteiger partial charge in [0, 0.05) is 6.20 Å². The first-order valence-corrected chi connectivity index (χ1v) is 6.77. The van der Waals surface area contributed by atoms with E-state index in [1.165, 1.54) is 13.2 Å². The lowest BCUT2D eigenvalue weighted by molar-refractivity contribution is -0.142. The van der Waals surface area contributed by atoms with Gasteiger partial charge in [-0.1, -0.05) is 24.3 Å². The number of ether oxygens (including phenoxy) is 1. The Kier molecular flexibility index (Phi) is 8.90. The molecule has 2 aromatic rings. The third kappa shape index (κ3) is 6.19. The van der Waals surface area contributed by atoms with E-state index in [-0.39, 0.29) is 31.2 Å². The maximum atomic E-state index is 12.7. The maximum Gasteiger partial charge on any atom is 0.433 e. The Bertz CT molecular complexity index is 695. The summed E-state index contributed by atoms with van der Waals surface area (Å²) >= 11 is 0. The Morgan fingerprint density at radius 1 is 1.16 bits per heavy atom. The third-order valence-corrected chi connectivity index (χ3v) is 3.30. The largest absolute Gasteiger partial charge is 0.468 e. The molecule has 0 aliphatic rings. The van der Waals surface area contributed by atoms with Crippen LogP contribution in [0.4, 0.5) is 13.2 Å². The fraction of sp³-hybridized carbons (Fsp3) is 0.250. The van der Waals surface area contributed by atoms with E-state index in [0.29, 0.717) is 11.1 Å². The van der Waals surface area contributed by atoms with Crippen LogP contribution in [0.1, 0.15) is 11.3 Å². The van der Waals surface area contributed by atoms with Gasteiger partial charge in [0.05, 0.1) is 7.11 Å². The van der Waals surface area contributed by atoms with Crippen molar-refractivity contribution in [3.8, 4) is 11.1 Å². The average molecular weight is 397 g/mol. The smallest absolute Gasteiger partial charge is 0.433 e. The molecule has 0 spiro atoms. The molecule has 0 aliphatic carbocycles. The van der Waals surface area contributed by atoms with Gasteiger partial charge < -0.3 is 10.5 Å². The van der Waals surface area contributed by atoms with E-state index in [4.69, 9.17) is 5.73 Å². The van der Waals surface area contributed by atoms with E-state index < -0.39 is 23.9 Å². The molecule has 9 heteroatoms. The predicted molar refractivity (Wildman–Crippen MR) is 92.9 cm³/mol. The lowest BCUT2D eigenvalue weighted by atomic mass is 10.0. The Labute approximate surface area is 155 Å². The molecule has 1 atom stereocenters. The van der Waals surface area contributed by atoms with E-state index in [9.17, 15) is 18.0 Å². The highest BCUT2D eigenvalue weighted by molar-refractivity contribution is 5.85. The summed E-state index contributed by atoms with van der Waals surface area (Å²) in [5.41, 5.74) is 6.55. The van der Waals surface area contributed by atoms with E-state index in [2.05, 4.69) is 9.72 Å². The molecule has 1 heterocycles. The van der Waals surface area contributed by atoms with Crippen molar-refractivity contribution in [2.24, 2.45) is 5.73 Å². The quantitative estimate of drug-likeness (QED) is 0.800. The number of pyridine rings is 1. The number of nitrogens with two attached hydrogens (primary N) is 1. The topological polar surface area (TPSA) is 65.2 Å². The minimum atomic E-state index is -4.48. The van der Waals surface area contributed by atoms with Crippen molar-refractivity contribution in [2.75, 3.05) is 7.11 Å². The lowest BCUT2D eigenvalue weighted by Gasteiger charge is -2.10. The zero-order valence-electron chi connectivity index (χ0n) is 13.1. The second-order valence-electron chi connectivity index (χ2n) is 4.96. The molecule has 0 saturated carbocycles. The molecule has 138 valence electrons. The number of aromatic nitrogens is 1. The van der Waals surface area contributed by atoms with E-state index in [0.717, 1.165) is 17.8 Å². The summed E-state index contributed by atoms with van der Waals surface area (Å²) in [5, 5.41) is 0. The summed E-state index contributed by atoms with van der Waals surface area (Å²) in [4.78, 5) is 14.6. The van der Waals surface area contributed by atoms with Gasteiger partial charge >= 0.3 is 12.1 Å². The molecule has 4 nitrogen and oxygen atoms in total. The molecule has 2 rings (SSSR count). The zero-order chi connectivity index (χ0) is 17.0. The van der Waals surface area contributed by atoms with Gasteiger partial charge in [-0.3, -0.25) is 9.78 Å². The first kappa shape index (κ1) is 23.2. The number of esters is 1.